The summed E-state index contributed by atoms with van der Waals surface area (Å²) in [4.78, 5) is 0. The van der Waals surface area contributed by atoms with E-state index in [1.807, 2.05) is 35.6 Å². The van der Waals surface area contributed by atoms with Gasteiger partial charge in [0.2, 0.25) is 0 Å². The summed E-state index contributed by atoms with van der Waals surface area (Å²) < 4.78 is 5.10. The van der Waals surface area contributed by atoms with Gasteiger partial charge in [0.15, 0.2) is 0 Å². The van der Waals surface area contributed by atoms with Crippen molar-refractivity contribution in [2.45, 2.75) is 13.5 Å². The average molecular weight is 378 g/mol. The van der Waals surface area contributed by atoms with E-state index in [1.54, 1.807) is 0 Å². The molecule has 0 atom stereocenters. The van der Waals surface area contributed by atoms with Crippen molar-refractivity contribution in [3.63, 3.8) is 0 Å². The smallest absolute Gasteiger partial charge is 0.0828 e. The molecule has 0 amide bonds. The SMILES string of the molecule is Cc1cc(Cn2cc(-c3ccccc3I)cn2)n(C)n1. The lowest BCUT2D eigenvalue weighted by molar-refractivity contribution is 0.619. The van der Waals surface area contributed by atoms with Gasteiger partial charge >= 0.3 is 0 Å². The van der Waals surface area contributed by atoms with Crippen molar-refractivity contribution in [3.8, 4) is 11.1 Å². The van der Waals surface area contributed by atoms with Crippen LogP contribution in [0.1, 0.15) is 11.4 Å². The van der Waals surface area contributed by atoms with Gasteiger partial charge in [0.25, 0.3) is 0 Å². The Labute approximate surface area is 131 Å². The third-order valence-electron chi connectivity index (χ3n) is 3.24. The Kier molecular flexibility index (Phi) is 3.60. The van der Waals surface area contributed by atoms with E-state index in [0.29, 0.717) is 0 Å². The normalized spacial score (nSPS) is 10.9. The summed E-state index contributed by atoms with van der Waals surface area (Å²) >= 11 is 2.35. The van der Waals surface area contributed by atoms with Crippen LogP contribution in [0.3, 0.4) is 0 Å². The summed E-state index contributed by atoms with van der Waals surface area (Å²) in [6.45, 7) is 2.74. The molecule has 0 unspecified atom stereocenters. The molecule has 0 saturated carbocycles. The molecule has 0 spiro atoms. The first-order valence-corrected chi connectivity index (χ1v) is 7.48. The van der Waals surface area contributed by atoms with Crippen LogP contribution >= 0.6 is 22.6 Å². The van der Waals surface area contributed by atoms with Crippen molar-refractivity contribution in [2.24, 2.45) is 7.05 Å². The number of hydrogen-bond acceptors (Lipinski definition) is 2. The standard InChI is InChI=1S/C15H15IN4/c1-11-7-13(19(2)18-11)10-20-9-12(8-17-20)14-5-3-4-6-15(14)16/h3-9H,10H2,1-2H3. The lowest BCUT2D eigenvalue weighted by Crippen LogP contribution is -2.05. The Morgan fingerprint density at radius 1 is 1.25 bits per heavy atom. The number of halogens is 1. The summed E-state index contributed by atoms with van der Waals surface area (Å²) in [6.07, 6.45) is 4.00. The van der Waals surface area contributed by atoms with Gasteiger partial charge in [0, 0.05) is 22.4 Å². The van der Waals surface area contributed by atoms with Crippen molar-refractivity contribution in [1.29, 1.82) is 0 Å². The molecule has 0 saturated heterocycles. The molecular formula is C15H15IN4. The van der Waals surface area contributed by atoms with E-state index in [0.717, 1.165) is 23.5 Å². The average Bonchev–Trinajstić information content (AvgIpc) is 2.98. The Hall–Kier alpha value is -1.63. The summed E-state index contributed by atoms with van der Waals surface area (Å²) in [5.41, 5.74) is 4.56. The number of aromatic nitrogens is 4. The molecule has 102 valence electrons. The minimum absolute atomic E-state index is 0.737. The molecule has 4 nitrogen and oxygen atoms in total. The predicted octanol–water partition coefficient (Wildman–Crippen LogP) is 3.24. The first-order valence-electron chi connectivity index (χ1n) is 6.40. The van der Waals surface area contributed by atoms with E-state index in [-0.39, 0.29) is 0 Å². The van der Waals surface area contributed by atoms with Crippen molar-refractivity contribution < 1.29 is 0 Å². The topological polar surface area (TPSA) is 35.6 Å². The number of rotatable bonds is 3. The highest BCUT2D eigenvalue weighted by Gasteiger charge is 2.07. The van der Waals surface area contributed by atoms with E-state index in [9.17, 15) is 0 Å². The Morgan fingerprint density at radius 3 is 2.75 bits per heavy atom. The predicted molar refractivity (Wildman–Crippen MR) is 87.4 cm³/mol. The van der Waals surface area contributed by atoms with Crippen LogP contribution in [0, 0.1) is 10.5 Å². The first-order chi connectivity index (χ1) is 9.63. The fourth-order valence-electron chi connectivity index (χ4n) is 2.26. The third-order valence-corrected chi connectivity index (χ3v) is 4.18. The Morgan fingerprint density at radius 2 is 2.05 bits per heavy atom. The lowest BCUT2D eigenvalue weighted by Gasteiger charge is -2.02. The van der Waals surface area contributed by atoms with Crippen LogP contribution in [-0.4, -0.2) is 19.6 Å². The van der Waals surface area contributed by atoms with Gasteiger partial charge in [-0.05, 0) is 47.2 Å². The molecule has 3 aromatic rings. The van der Waals surface area contributed by atoms with Crippen molar-refractivity contribution >= 4 is 22.6 Å². The maximum atomic E-state index is 4.45. The molecule has 0 fully saturated rings. The van der Waals surface area contributed by atoms with Crippen LogP contribution in [0.4, 0.5) is 0 Å². The van der Waals surface area contributed by atoms with Crippen molar-refractivity contribution in [1.82, 2.24) is 19.6 Å². The van der Waals surface area contributed by atoms with Gasteiger partial charge in [0.1, 0.15) is 0 Å². The number of aryl methyl sites for hydroxylation is 2. The van der Waals surface area contributed by atoms with E-state index in [1.165, 1.54) is 9.13 Å². The highest BCUT2D eigenvalue weighted by molar-refractivity contribution is 14.1. The van der Waals surface area contributed by atoms with Crippen LogP contribution in [0.25, 0.3) is 11.1 Å². The summed E-state index contributed by atoms with van der Waals surface area (Å²) in [7, 11) is 1.97. The molecular weight excluding hydrogens is 363 g/mol. The van der Waals surface area contributed by atoms with Crippen LogP contribution in [-0.2, 0) is 13.6 Å². The zero-order valence-corrected chi connectivity index (χ0v) is 13.6. The maximum absolute atomic E-state index is 4.45. The fraction of sp³-hybridized carbons (Fsp3) is 0.200. The number of benzene rings is 1. The zero-order valence-electron chi connectivity index (χ0n) is 11.4. The van der Waals surface area contributed by atoms with Gasteiger partial charge in [-0.3, -0.25) is 9.36 Å². The summed E-state index contributed by atoms with van der Waals surface area (Å²) in [6, 6.07) is 10.4. The molecule has 0 aliphatic heterocycles. The quantitative estimate of drug-likeness (QED) is 0.656. The molecule has 2 aromatic heterocycles. The monoisotopic (exact) mass is 378 g/mol. The summed E-state index contributed by atoms with van der Waals surface area (Å²) in [5, 5.41) is 8.81. The van der Waals surface area contributed by atoms with E-state index in [4.69, 9.17) is 0 Å². The van der Waals surface area contributed by atoms with E-state index < -0.39 is 0 Å². The number of hydrogen-bond donors (Lipinski definition) is 0. The van der Waals surface area contributed by atoms with Gasteiger partial charge in [-0.1, -0.05) is 18.2 Å². The van der Waals surface area contributed by atoms with E-state index >= 15 is 0 Å². The molecule has 1 aromatic carbocycles. The van der Waals surface area contributed by atoms with Crippen LogP contribution in [0.15, 0.2) is 42.7 Å². The highest BCUT2D eigenvalue weighted by atomic mass is 127. The second-order valence-electron chi connectivity index (χ2n) is 4.81. The molecule has 3 rings (SSSR count). The van der Waals surface area contributed by atoms with Gasteiger partial charge in [0.05, 0.1) is 24.1 Å². The second kappa shape index (κ2) is 5.40. The molecule has 0 radical (unpaired) electrons. The minimum Gasteiger partial charge on any atom is -0.270 e. The largest absolute Gasteiger partial charge is 0.270 e. The van der Waals surface area contributed by atoms with Crippen molar-refractivity contribution in [3.05, 3.63) is 57.7 Å². The van der Waals surface area contributed by atoms with Crippen LogP contribution in [0.5, 0.6) is 0 Å². The molecule has 0 N–H and O–H groups in total. The Bertz CT molecular complexity index is 742. The van der Waals surface area contributed by atoms with E-state index in [2.05, 4.69) is 63.3 Å². The maximum Gasteiger partial charge on any atom is 0.0828 e. The minimum atomic E-state index is 0.737. The molecule has 5 heteroatoms. The lowest BCUT2D eigenvalue weighted by atomic mass is 10.1. The number of nitrogens with zero attached hydrogens (tertiary/aromatic N) is 4. The van der Waals surface area contributed by atoms with Crippen LogP contribution in [0.2, 0.25) is 0 Å². The first kappa shape index (κ1) is 13.4. The molecule has 0 bridgehead atoms. The van der Waals surface area contributed by atoms with Gasteiger partial charge < -0.3 is 0 Å². The molecule has 20 heavy (non-hydrogen) atoms. The zero-order chi connectivity index (χ0) is 14.1. The highest BCUT2D eigenvalue weighted by Crippen LogP contribution is 2.24. The summed E-state index contributed by atoms with van der Waals surface area (Å²) in [5.74, 6) is 0. The van der Waals surface area contributed by atoms with Gasteiger partial charge in [-0.25, -0.2) is 0 Å². The molecule has 0 aliphatic rings. The fourth-order valence-corrected chi connectivity index (χ4v) is 2.96. The van der Waals surface area contributed by atoms with Crippen molar-refractivity contribution in [2.75, 3.05) is 0 Å². The molecule has 0 aliphatic carbocycles. The molecule has 2 heterocycles. The van der Waals surface area contributed by atoms with Gasteiger partial charge in [-0.2, -0.15) is 10.2 Å². The third kappa shape index (κ3) is 2.63. The van der Waals surface area contributed by atoms with Gasteiger partial charge in [-0.15, -0.1) is 0 Å². The second-order valence-corrected chi connectivity index (χ2v) is 5.97. The Balaban J connectivity index is 1.88. The van der Waals surface area contributed by atoms with Crippen LogP contribution < -0.4 is 0 Å².